The summed E-state index contributed by atoms with van der Waals surface area (Å²) in [6.45, 7) is 1.71. The van der Waals surface area contributed by atoms with E-state index in [9.17, 15) is 8.42 Å². The number of hydrogen-bond donors (Lipinski definition) is 1. The van der Waals surface area contributed by atoms with Gasteiger partial charge in [0.05, 0.1) is 23.4 Å². The van der Waals surface area contributed by atoms with Crippen molar-refractivity contribution in [3.05, 3.63) is 33.7 Å². The average molecular weight is 529 g/mol. The summed E-state index contributed by atoms with van der Waals surface area (Å²) < 4.78 is 42.7. The number of aromatic nitrogens is 2. The van der Waals surface area contributed by atoms with Crippen LogP contribution in [0.3, 0.4) is 0 Å². The molecule has 0 bridgehead atoms. The summed E-state index contributed by atoms with van der Waals surface area (Å²) >= 11 is 12.8. The van der Waals surface area contributed by atoms with Gasteiger partial charge in [0, 0.05) is 24.2 Å². The highest BCUT2D eigenvalue weighted by atomic mass is 35.5. The number of nitrogens with one attached hydrogen (secondary N) is 1. The molecule has 5 rings (SSSR count). The highest BCUT2D eigenvalue weighted by molar-refractivity contribution is 7.90. The molecule has 0 amide bonds. The monoisotopic (exact) mass is 527 g/mol. The van der Waals surface area contributed by atoms with Gasteiger partial charge in [-0.15, -0.1) is 0 Å². The molecule has 2 fully saturated rings. The lowest BCUT2D eigenvalue weighted by atomic mass is 10.0. The Balaban J connectivity index is 1.39. The van der Waals surface area contributed by atoms with Gasteiger partial charge < -0.3 is 14.0 Å². The number of rotatable bonds is 7. The summed E-state index contributed by atoms with van der Waals surface area (Å²) in [6, 6.07) is 1.47. The van der Waals surface area contributed by atoms with Crippen LogP contribution in [-0.2, 0) is 32.5 Å². The standard InChI is InChI=1S/C24H31Cl2N3O4S/c25-21-14-20-23(24(26)27-21)18(11-13-33-22-8-4-5-12-32-22)19-10-9-16(15-29(19)20)28-34(30,31)17-6-2-1-3-7-17/h9-10,14,16-17,22,28H,1-8,11-13,15H2/t16-,22?/m1/s1. The van der Waals surface area contributed by atoms with E-state index in [-0.39, 0.29) is 17.6 Å². The fourth-order valence-corrected chi connectivity index (χ4v) is 7.64. The normalized spacial score (nSPS) is 23.9. The third kappa shape index (κ3) is 5.18. The van der Waals surface area contributed by atoms with Crippen molar-refractivity contribution < 1.29 is 17.9 Å². The van der Waals surface area contributed by atoms with E-state index < -0.39 is 10.0 Å². The van der Waals surface area contributed by atoms with E-state index in [2.05, 4.69) is 14.3 Å². The average Bonchev–Trinajstić information content (AvgIpc) is 3.13. The maximum atomic E-state index is 13.0. The zero-order valence-corrected chi connectivity index (χ0v) is 21.5. The van der Waals surface area contributed by atoms with Crippen molar-refractivity contribution in [2.75, 3.05) is 13.2 Å². The topological polar surface area (TPSA) is 82.5 Å². The molecule has 0 aromatic carbocycles. The van der Waals surface area contributed by atoms with Gasteiger partial charge >= 0.3 is 0 Å². The van der Waals surface area contributed by atoms with E-state index in [0.717, 1.165) is 80.1 Å². The van der Waals surface area contributed by atoms with Gasteiger partial charge in [-0.3, -0.25) is 0 Å². The fourth-order valence-electron chi connectivity index (χ4n) is 5.38. The van der Waals surface area contributed by atoms with Gasteiger partial charge in [-0.1, -0.05) is 48.5 Å². The summed E-state index contributed by atoms with van der Waals surface area (Å²) in [6.07, 6.45) is 12.0. The smallest absolute Gasteiger partial charge is 0.215 e. The molecule has 2 aromatic heterocycles. The van der Waals surface area contributed by atoms with Crippen LogP contribution in [0.25, 0.3) is 17.0 Å². The second-order valence-electron chi connectivity index (χ2n) is 9.41. The molecule has 34 heavy (non-hydrogen) atoms. The number of ether oxygens (including phenoxy) is 2. The van der Waals surface area contributed by atoms with Gasteiger partial charge in [-0.05, 0) is 56.2 Å². The van der Waals surface area contributed by atoms with Gasteiger partial charge in [0.2, 0.25) is 10.0 Å². The molecule has 7 nitrogen and oxygen atoms in total. The van der Waals surface area contributed by atoms with E-state index in [1.54, 1.807) is 6.07 Å². The Bertz CT molecular complexity index is 1170. The molecule has 1 aliphatic carbocycles. The first-order valence-electron chi connectivity index (χ1n) is 12.2. The maximum absolute atomic E-state index is 13.0. The minimum Gasteiger partial charge on any atom is -0.353 e. The molecule has 2 atom stereocenters. The van der Waals surface area contributed by atoms with E-state index in [1.807, 2.05) is 12.2 Å². The summed E-state index contributed by atoms with van der Waals surface area (Å²) in [5.74, 6) is 0. The minimum atomic E-state index is -3.39. The summed E-state index contributed by atoms with van der Waals surface area (Å²) in [5.41, 5.74) is 2.88. The second-order valence-corrected chi connectivity index (χ2v) is 12.1. The molecule has 3 aliphatic rings. The third-order valence-electron chi connectivity index (χ3n) is 7.08. The van der Waals surface area contributed by atoms with Crippen LogP contribution >= 0.6 is 23.2 Å². The first-order chi connectivity index (χ1) is 16.4. The Morgan fingerprint density at radius 1 is 1.15 bits per heavy atom. The van der Waals surface area contributed by atoms with Crippen LogP contribution in [0, 0.1) is 0 Å². The zero-order chi connectivity index (χ0) is 23.7. The van der Waals surface area contributed by atoms with Gasteiger partial charge in [0.15, 0.2) is 6.29 Å². The minimum absolute atomic E-state index is 0.157. The Hall–Kier alpha value is -1.16. The predicted molar refractivity (Wildman–Crippen MR) is 135 cm³/mol. The van der Waals surface area contributed by atoms with E-state index in [4.69, 9.17) is 32.7 Å². The van der Waals surface area contributed by atoms with E-state index in [0.29, 0.717) is 29.9 Å². The number of halogens is 2. The number of pyridine rings is 1. The highest BCUT2D eigenvalue weighted by Crippen LogP contribution is 2.36. The van der Waals surface area contributed by atoms with Crippen LogP contribution in [0.5, 0.6) is 0 Å². The highest BCUT2D eigenvalue weighted by Gasteiger charge is 2.31. The largest absolute Gasteiger partial charge is 0.353 e. The number of nitrogens with zero attached hydrogens (tertiary/aromatic N) is 2. The Kier molecular flexibility index (Phi) is 7.54. The first-order valence-corrected chi connectivity index (χ1v) is 14.5. The number of sulfonamides is 1. The Morgan fingerprint density at radius 3 is 2.71 bits per heavy atom. The second kappa shape index (κ2) is 10.4. The van der Waals surface area contributed by atoms with Crippen LogP contribution in [0.15, 0.2) is 12.1 Å². The van der Waals surface area contributed by atoms with Crippen LogP contribution in [-0.4, -0.2) is 48.8 Å². The molecule has 2 aromatic rings. The van der Waals surface area contributed by atoms with Crippen molar-refractivity contribution in [3.8, 4) is 0 Å². The molecule has 0 spiro atoms. The predicted octanol–water partition coefficient (Wildman–Crippen LogP) is 5.08. The van der Waals surface area contributed by atoms with Crippen molar-refractivity contribution in [3.63, 3.8) is 0 Å². The van der Waals surface area contributed by atoms with Crippen molar-refractivity contribution in [2.24, 2.45) is 0 Å². The molecule has 10 heteroatoms. The lowest BCUT2D eigenvalue weighted by Crippen LogP contribution is -2.43. The summed E-state index contributed by atoms with van der Waals surface area (Å²) in [7, 11) is -3.39. The molecule has 2 aliphatic heterocycles. The quantitative estimate of drug-likeness (QED) is 0.507. The molecular weight excluding hydrogens is 497 g/mol. The van der Waals surface area contributed by atoms with Crippen molar-refractivity contribution in [1.82, 2.24) is 14.3 Å². The zero-order valence-electron chi connectivity index (χ0n) is 19.1. The van der Waals surface area contributed by atoms with Crippen LogP contribution in [0.4, 0.5) is 0 Å². The van der Waals surface area contributed by atoms with Crippen LogP contribution in [0.2, 0.25) is 10.3 Å². The van der Waals surface area contributed by atoms with E-state index >= 15 is 0 Å². The molecule has 0 radical (unpaired) electrons. The fraction of sp³-hybridized carbons (Fsp3) is 0.625. The van der Waals surface area contributed by atoms with Crippen LogP contribution < -0.4 is 4.72 Å². The first kappa shape index (κ1) is 24.5. The molecule has 1 saturated carbocycles. The number of hydrogen-bond acceptors (Lipinski definition) is 5. The lowest BCUT2D eigenvalue weighted by molar-refractivity contribution is -0.161. The Morgan fingerprint density at radius 2 is 1.94 bits per heavy atom. The lowest BCUT2D eigenvalue weighted by Gasteiger charge is -2.27. The number of fused-ring (bicyclic) bond motifs is 3. The molecule has 1 unspecified atom stereocenters. The Labute approximate surface area is 210 Å². The molecule has 186 valence electrons. The van der Waals surface area contributed by atoms with Crippen molar-refractivity contribution in [1.29, 1.82) is 0 Å². The van der Waals surface area contributed by atoms with Crippen molar-refractivity contribution >= 4 is 50.2 Å². The molecule has 4 heterocycles. The van der Waals surface area contributed by atoms with E-state index in [1.165, 1.54) is 0 Å². The molecular formula is C24H31Cl2N3O4S. The van der Waals surface area contributed by atoms with Gasteiger partial charge in [0.1, 0.15) is 10.3 Å². The SMILES string of the molecule is O=S(=O)(N[C@@H]1C=Cc2c(CCOC3CCCCO3)c3c(Cl)nc(Cl)cc3n2C1)C1CCCCC1. The maximum Gasteiger partial charge on any atom is 0.215 e. The van der Waals surface area contributed by atoms with Gasteiger partial charge in [0.25, 0.3) is 0 Å². The summed E-state index contributed by atoms with van der Waals surface area (Å²) in [5, 5.41) is 1.20. The van der Waals surface area contributed by atoms with Crippen LogP contribution in [0.1, 0.15) is 62.6 Å². The van der Waals surface area contributed by atoms with Gasteiger partial charge in [-0.2, -0.15) is 0 Å². The van der Waals surface area contributed by atoms with Gasteiger partial charge in [-0.25, -0.2) is 18.1 Å². The summed E-state index contributed by atoms with van der Waals surface area (Å²) in [4.78, 5) is 4.26. The molecule has 1 saturated heterocycles. The van der Waals surface area contributed by atoms with Crippen molar-refractivity contribution in [2.45, 2.75) is 81.9 Å². The molecule has 1 N–H and O–H groups in total. The third-order valence-corrected chi connectivity index (χ3v) is 9.53.